The van der Waals surface area contributed by atoms with E-state index in [1.165, 1.54) is 12.1 Å². The third-order valence-electron chi connectivity index (χ3n) is 6.50. The molecule has 0 spiro atoms. The van der Waals surface area contributed by atoms with Crippen LogP contribution in [0.15, 0.2) is 36.4 Å². The Morgan fingerprint density at radius 2 is 1.85 bits per heavy atom. The maximum atomic E-state index is 12.2. The van der Waals surface area contributed by atoms with E-state index in [9.17, 15) is 20.0 Å². The van der Waals surface area contributed by atoms with Gasteiger partial charge in [-0.25, -0.2) is 0 Å². The number of carbonyl (C=O) groups is 1. The van der Waals surface area contributed by atoms with E-state index in [1.807, 2.05) is 32.9 Å². The number of nitrogens with one attached hydrogen (secondary N) is 1. The number of nitrogens with zero attached hydrogens (tertiary/aromatic N) is 3. The molecule has 1 atom stereocenters. The summed E-state index contributed by atoms with van der Waals surface area (Å²) < 4.78 is 5.88. The lowest BCUT2D eigenvalue weighted by atomic mass is 9.85. The Morgan fingerprint density at radius 3 is 2.48 bits per heavy atom. The zero-order valence-electron chi connectivity index (χ0n) is 19.2. The number of rotatable bonds is 7. The Hall–Kier alpha value is -3.17. The minimum absolute atomic E-state index is 0.0225. The van der Waals surface area contributed by atoms with Crippen LogP contribution < -0.4 is 15.0 Å². The van der Waals surface area contributed by atoms with Crippen LogP contribution in [0, 0.1) is 17.0 Å². The quantitative estimate of drug-likeness (QED) is 0.489. The van der Waals surface area contributed by atoms with Crippen LogP contribution in [0.1, 0.15) is 25.0 Å². The summed E-state index contributed by atoms with van der Waals surface area (Å²) in [7, 11) is 0. The van der Waals surface area contributed by atoms with Crippen molar-refractivity contribution in [3.8, 4) is 5.75 Å². The summed E-state index contributed by atoms with van der Waals surface area (Å²) in [5.74, 6) is 0.628. The zero-order chi connectivity index (χ0) is 23.8. The number of aryl methyl sites for hydroxylation is 1. The molecule has 2 aliphatic heterocycles. The maximum absolute atomic E-state index is 12.2. The lowest BCUT2D eigenvalue weighted by molar-refractivity contribution is -0.384. The first-order valence-corrected chi connectivity index (χ1v) is 11.1. The second kappa shape index (κ2) is 8.99. The smallest absolute Gasteiger partial charge is 0.269 e. The second-order valence-corrected chi connectivity index (χ2v) is 9.27. The highest BCUT2D eigenvalue weighted by Gasteiger charge is 2.39. The van der Waals surface area contributed by atoms with Crippen molar-refractivity contribution >= 4 is 23.0 Å². The Kier molecular flexibility index (Phi) is 6.27. The molecule has 1 fully saturated rings. The highest BCUT2D eigenvalue weighted by molar-refractivity contribution is 6.06. The molecule has 1 unspecified atom stereocenters. The van der Waals surface area contributed by atoms with Gasteiger partial charge in [-0.3, -0.25) is 19.8 Å². The average Bonchev–Trinajstić information content (AvgIpc) is 3.02. The van der Waals surface area contributed by atoms with Gasteiger partial charge in [-0.1, -0.05) is 0 Å². The van der Waals surface area contributed by atoms with Gasteiger partial charge < -0.3 is 20.1 Å². The number of piperazine rings is 1. The molecule has 4 rings (SSSR count). The van der Waals surface area contributed by atoms with E-state index in [0.29, 0.717) is 12.3 Å². The first-order valence-electron chi connectivity index (χ1n) is 11.1. The molecule has 0 saturated carbocycles. The number of hydrogen-bond donors (Lipinski definition) is 2. The normalized spacial score (nSPS) is 18.5. The first-order chi connectivity index (χ1) is 15.6. The van der Waals surface area contributed by atoms with Gasteiger partial charge in [0.15, 0.2) is 0 Å². The van der Waals surface area contributed by atoms with Crippen LogP contribution in [-0.4, -0.2) is 66.3 Å². The predicted octanol–water partition coefficient (Wildman–Crippen LogP) is 2.69. The molecule has 1 saturated heterocycles. The number of ether oxygens (including phenoxy) is 1. The Bertz CT molecular complexity index is 1050. The molecule has 9 heteroatoms. The van der Waals surface area contributed by atoms with Crippen molar-refractivity contribution in [2.75, 3.05) is 49.5 Å². The minimum Gasteiger partial charge on any atom is -0.491 e. The number of anilines is 2. The second-order valence-electron chi connectivity index (χ2n) is 9.27. The van der Waals surface area contributed by atoms with Gasteiger partial charge in [0.25, 0.3) is 5.69 Å². The third kappa shape index (κ3) is 4.79. The van der Waals surface area contributed by atoms with Crippen LogP contribution in [0.2, 0.25) is 0 Å². The van der Waals surface area contributed by atoms with Crippen LogP contribution >= 0.6 is 0 Å². The summed E-state index contributed by atoms with van der Waals surface area (Å²) in [6.45, 7) is 9.53. The van der Waals surface area contributed by atoms with E-state index >= 15 is 0 Å². The zero-order valence-corrected chi connectivity index (χ0v) is 19.2. The highest BCUT2D eigenvalue weighted by Crippen LogP contribution is 2.41. The van der Waals surface area contributed by atoms with Crippen molar-refractivity contribution in [2.24, 2.45) is 0 Å². The number of aliphatic hydroxyl groups excluding tert-OH is 1. The molecular weight excluding hydrogens is 424 g/mol. The van der Waals surface area contributed by atoms with Gasteiger partial charge in [-0.2, -0.15) is 0 Å². The van der Waals surface area contributed by atoms with E-state index in [2.05, 4.69) is 15.1 Å². The molecule has 2 heterocycles. The van der Waals surface area contributed by atoms with Crippen LogP contribution in [0.4, 0.5) is 17.1 Å². The summed E-state index contributed by atoms with van der Waals surface area (Å²) in [5.41, 5.74) is 3.15. The van der Waals surface area contributed by atoms with E-state index < -0.39 is 16.4 Å². The molecule has 176 valence electrons. The lowest BCUT2D eigenvalue weighted by Gasteiger charge is -2.36. The summed E-state index contributed by atoms with van der Waals surface area (Å²) in [5, 5.41) is 24.3. The monoisotopic (exact) mass is 454 g/mol. The summed E-state index contributed by atoms with van der Waals surface area (Å²) >= 11 is 0. The molecule has 33 heavy (non-hydrogen) atoms. The number of hydrogen-bond acceptors (Lipinski definition) is 7. The molecular formula is C24H30N4O5. The number of nitro benzene ring substituents is 1. The van der Waals surface area contributed by atoms with Crippen LogP contribution in [-0.2, 0) is 10.2 Å². The number of nitro groups is 1. The minimum atomic E-state index is -0.641. The Morgan fingerprint density at radius 1 is 1.18 bits per heavy atom. The number of fused-ring (bicyclic) bond motifs is 1. The fourth-order valence-electron chi connectivity index (χ4n) is 4.41. The van der Waals surface area contributed by atoms with Crippen molar-refractivity contribution < 1.29 is 19.6 Å². The van der Waals surface area contributed by atoms with Crippen molar-refractivity contribution in [3.63, 3.8) is 0 Å². The molecule has 0 aromatic heterocycles. The largest absolute Gasteiger partial charge is 0.491 e. The van der Waals surface area contributed by atoms with E-state index in [0.717, 1.165) is 48.7 Å². The van der Waals surface area contributed by atoms with Gasteiger partial charge in [0, 0.05) is 56.2 Å². The molecule has 2 aromatic rings. The van der Waals surface area contributed by atoms with Crippen molar-refractivity contribution in [1.82, 2.24) is 4.90 Å². The first kappa shape index (κ1) is 23.0. The van der Waals surface area contributed by atoms with E-state index in [4.69, 9.17) is 4.74 Å². The van der Waals surface area contributed by atoms with E-state index in [1.54, 1.807) is 12.1 Å². The van der Waals surface area contributed by atoms with Gasteiger partial charge in [0.1, 0.15) is 18.5 Å². The van der Waals surface area contributed by atoms with Crippen molar-refractivity contribution in [3.05, 3.63) is 57.6 Å². The van der Waals surface area contributed by atoms with Gasteiger partial charge in [-0.05, 0) is 56.2 Å². The number of carbonyl (C=O) groups excluding carboxylic acids is 1. The maximum Gasteiger partial charge on any atom is 0.269 e. The van der Waals surface area contributed by atoms with Gasteiger partial charge in [0.2, 0.25) is 5.91 Å². The highest BCUT2D eigenvalue weighted by atomic mass is 16.6. The molecule has 2 aromatic carbocycles. The number of benzene rings is 2. The standard InChI is InChI=1S/C24H30N4O5/c1-16-12-20(13-21-22(16)25-23(30)24(21,2)3)33-15-19(29)14-26-8-10-27(11-9-26)17-4-6-18(7-5-17)28(31)32/h4-7,12-13,19,29H,8-11,14-15H2,1-3H3,(H,25,30). The summed E-state index contributed by atoms with van der Waals surface area (Å²) in [6, 6.07) is 10.4. The van der Waals surface area contributed by atoms with Crippen LogP contribution in [0.3, 0.4) is 0 Å². The third-order valence-corrected chi connectivity index (χ3v) is 6.50. The Balaban J connectivity index is 1.27. The number of β-amino-alcohol motifs (C(OH)–C–C–N with tert-alkyl or cyclic N) is 1. The molecule has 0 aliphatic carbocycles. The number of aliphatic hydroxyl groups is 1. The van der Waals surface area contributed by atoms with E-state index in [-0.39, 0.29) is 18.2 Å². The fourth-order valence-corrected chi connectivity index (χ4v) is 4.41. The summed E-state index contributed by atoms with van der Waals surface area (Å²) in [4.78, 5) is 27.0. The average molecular weight is 455 g/mol. The number of amides is 1. The van der Waals surface area contributed by atoms with Crippen LogP contribution in [0.25, 0.3) is 0 Å². The van der Waals surface area contributed by atoms with Crippen molar-refractivity contribution in [1.29, 1.82) is 0 Å². The Labute approximate surface area is 193 Å². The summed E-state index contributed by atoms with van der Waals surface area (Å²) in [6.07, 6.45) is -0.641. The molecule has 9 nitrogen and oxygen atoms in total. The molecule has 2 N–H and O–H groups in total. The van der Waals surface area contributed by atoms with Gasteiger partial charge >= 0.3 is 0 Å². The topological polar surface area (TPSA) is 108 Å². The van der Waals surface area contributed by atoms with Crippen LogP contribution in [0.5, 0.6) is 5.75 Å². The molecule has 2 aliphatic rings. The SMILES string of the molecule is Cc1cc(OCC(O)CN2CCN(c3ccc([N+](=O)[O-])cc3)CC2)cc2c1NC(=O)C2(C)C. The molecule has 1 amide bonds. The van der Waals surface area contributed by atoms with Gasteiger partial charge in [-0.15, -0.1) is 0 Å². The predicted molar refractivity (Wildman–Crippen MR) is 126 cm³/mol. The van der Waals surface area contributed by atoms with Gasteiger partial charge in [0.05, 0.1) is 10.3 Å². The fraction of sp³-hybridized carbons (Fsp3) is 0.458. The molecule has 0 bridgehead atoms. The number of non-ortho nitro benzene ring substituents is 1. The lowest BCUT2D eigenvalue weighted by Crippen LogP contribution is -2.49. The molecule has 0 radical (unpaired) electrons. The van der Waals surface area contributed by atoms with Crippen molar-refractivity contribution in [2.45, 2.75) is 32.3 Å².